The Morgan fingerprint density at radius 3 is 2.24 bits per heavy atom. The molecule has 4 nitrogen and oxygen atoms in total. The number of aliphatic hydroxyl groups is 1. The fourth-order valence-corrected chi connectivity index (χ4v) is 3.03. The molecule has 0 spiro atoms. The van der Waals surface area contributed by atoms with Crippen molar-refractivity contribution in [2.75, 3.05) is 18.6 Å². The molecule has 0 bridgehead atoms. The van der Waals surface area contributed by atoms with Crippen molar-refractivity contribution in [3.8, 4) is 5.75 Å². The molecule has 7 heteroatoms. The van der Waals surface area contributed by atoms with E-state index in [4.69, 9.17) is 9.84 Å². The Kier molecular flexibility index (Phi) is 5.43. The van der Waals surface area contributed by atoms with Crippen molar-refractivity contribution >= 4 is 41.7 Å². The third-order valence-electron chi connectivity index (χ3n) is 1.94. The van der Waals surface area contributed by atoms with E-state index >= 15 is 0 Å². The molecule has 1 aromatic carbocycles. The highest BCUT2D eigenvalue weighted by atomic mass is 79.9. The molecule has 0 aromatic heterocycles. The number of hydrogen-bond acceptors (Lipinski definition) is 4. The number of aliphatic hydroxyl groups excluding tert-OH is 1. The summed E-state index contributed by atoms with van der Waals surface area (Å²) < 4.78 is 28.6. The Bertz CT molecular complexity index is 476. The van der Waals surface area contributed by atoms with Crippen molar-refractivity contribution in [2.24, 2.45) is 0 Å². The van der Waals surface area contributed by atoms with E-state index in [1.165, 1.54) is 0 Å². The molecular weight excluding hydrogens is 376 g/mol. The number of halogens is 2. The van der Waals surface area contributed by atoms with Gasteiger partial charge in [-0.3, -0.25) is 0 Å². The molecule has 17 heavy (non-hydrogen) atoms. The first-order valence-electron chi connectivity index (χ1n) is 4.73. The standard InChI is InChI=1S/C10H12Br2O4S/c1-17(14,15)3-2-16-10-8(11)4-7(6-13)5-9(10)12/h4-5,13H,2-3,6H2,1H3. The highest BCUT2D eigenvalue weighted by molar-refractivity contribution is 9.11. The molecule has 0 saturated heterocycles. The van der Waals surface area contributed by atoms with Gasteiger partial charge in [0.15, 0.2) is 9.84 Å². The van der Waals surface area contributed by atoms with Gasteiger partial charge in [0.25, 0.3) is 0 Å². The zero-order valence-electron chi connectivity index (χ0n) is 9.11. The van der Waals surface area contributed by atoms with E-state index in [-0.39, 0.29) is 19.0 Å². The summed E-state index contributed by atoms with van der Waals surface area (Å²) >= 11 is 6.61. The van der Waals surface area contributed by atoms with Gasteiger partial charge in [-0.15, -0.1) is 0 Å². The molecular formula is C10H12Br2O4S. The van der Waals surface area contributed by atoms with Gasteiger partial charge < -0.3 is 9.84 Å². The summed E-state index contributed by atoms with van der Waals surface area (Å²) in [5, 5.41) is 9.00. The summed E-state index contributed by atoms with van der Waals surface area (Å²) in [6, 6.07) is 3.45. The first-order valence-corrected chi connectivity index (χ1v) is 8.37. The van der Waals surface area contributed by atoms with Crippen LogP contribution in [0.3, 0.4) is 0 Å². The van der Waals surface area contributed by atoms with Gasteiger partial charge in [-0.2, -0.15) is 0 Å². The maximum atomic E-state index is 11.0. The molecule has 0 amide bonds. The largest absolute Gasteiger partial charge is 0.490 e. The monoisotopic (exact) mass is 386 g/mol. The van der Waals surface area contributed by atoms with Crippen LogP contribution in [0, 0.1) is 0 Å². The fraction of sp³-hybridized carbons (Fsp3) is 0.400. The second-order valence-electron chi connectivity index (χ2n) is 3.53. The van der Waals surface area contributed by atoms with Gasteiger partial charge in [-0.25, -0.2) is 8.42 Å². The maximum Gasteiger partial charge on any atom is 0.150 e. The quantitative estimate of drug-likeness (QED) is 0.840. The van der Waals surface area contributed by atoms with Crippen LogP contribution < -0.4 is 4.74 Å². The summed E-state index contributed by atoms with van der Waals surface area (Å²) in [6.07, 6.45) is 1.16. The van der Waals surface area contributed by atoms with E-state index in [0.717, 1.165) is 11.8 Å². The predicted octanol–water partition coefficient (Wildman–Crippen LogP) is 2.13. The lowest BCUT2D eigenvalue weighted by Gasteiger charge is -2.11. The topological polar surface area (TPSA) is 63.6 Å². The van der Waals surface area contributed by atoms with Crippen molar-refractivity contribution in [1.82, 2.24) is 0 Å². The first kappa shape index (κ1) is 14.9. The smallest absolute Gasteiger partial charge is 0.150 e. The molecule has 0 aliphatic rings. The van der Waals surface area contributed by atoms with E-state index in [1.807, 2.05) is 0 Å². The molecule has 1 N–H and O–H groups in total. The molecule has 1 aromatic rings. The third kappa shape index (κ3) is 4.95. The Balaban J connectivity index is 2.78. The summed E-state index contributed by atoms with van der Waals surface area (Å²) in [7, 11) is -3.03. The SMILES string of the molecule is CS(=O)(=O)CCOc1c(Br)cc(CO)cc1Br. The molecule has 0 atom stereocenters. The van der Waals surface area contributed by atoms with Crippen molar-refractivity contribution in [3.63, 3.8) is 0 Å². The fourth-order valence-electron chi connectivity index (χ4n) is 1.14. The third-order valence-corrected chi connectivity index (χ3v) is 4.03. The van der Waals surface area contributed by atoms with Gasteiger partial charge in [0.05, 0.1) is 21.3 Å². The molecule has 0 unspecified atom stereocenters. The van der Waals surface area contributed by atoms with E-state index in [1.54, 1.807) is 12.1 Å². The second kappa shape index (κ2) is 6.17. The van der Waals surface area contributed by atoms with Crippen molar-refractivity contribution < 1.29 is 18.3 Å². The van der Waals surface area contributed by atoms with Crippen LogP contribution >= 0.6 is 31.9 Å². The van der Waals surface area contributed by atoms with Gasteiger partial charge in [-0.05, 0) is 49.6 Å². The maximum absolute atomic E-state index is 11.0. The van der Waals surface area contributed by atoms with Crippen LogP contribution in [0.15, 0.2) is 21.1 Å². The van der Waals surface area contributed by atoms with Crippen molar-refractivity contribution in [3.05, 3.63) is 26.6 Å². The molecule has 0 aliphatic carbocycles. The number of hydrogen-bond donors (Lipinski definition) is 1. The molecule has 96 valence electrons. The van der Waals surface area contributed by atoms with Gasteiger partial charge in [-0.1, -0.05) is 0 Å². The molecule has 0 heterocycles. The lowest BCUT2D eigenvalue weighted by atomic mass is 10.2. The lowest BCUT2D eigenvalue weighted by molar-refractivity contribution is 0.281. The minimum atomic E-state index is -3.03. The Morgan fingerprint density at radius 2 is 1.82 bits per heavy atom. The Morgan fingerprint density at radius 1 is 1.29 bits per heavy atom. The van der Waals surface area contributed by atoms with Crippen LogP contribution in [0.25, 0.3) is 0 Å². The minimum Gasteiger partial charge on any atom is -0.490 e. The number of ether oxygens (including phenoxy) is 1. The van der Waals surface area contributed by atoms with Gasteiger partial charge in [0.2, 0.25) is 0 Å². The lowest BCUT2D eigenvalue weighted by Crippen LogP contribution is -2.12. The highest BCUT2D eigenvalue weighted by Crippen LogP contribution is 2.34. The van der Waals surface area contributed by atoms with Crippen LogP contribution in [0.4, 0.5) is 0 Å². The van der Waals surface area contributed by atoms with Crippen LogP contribution in [-0.4, -0.2) is 32.1 Å². The van der Waals surface area contributed by atoms with E-state index in [0.29, 0.717) is 14.7 Å². The van der Waals surface area contributed by atoms with Crippen LogP contribution in [0.2, 0.25) is 0 Å². The molecule has 0 fully saturated rings. The normalized spacial score (nSPS) is 11.5. The average molecular weight is 388 g/mol. The minimum absolute atomic E-state index is 0.0341. The van der Waals surface area contributed by atoms with E-state index in [2.05, 4.69) is 31.9 Å². The highest BCUT2D eigenvalue weighted by Gasteiger charge is 2.10. The summed E-state index contributed by atoms with van der Waals surface area (Å²) in [5.41, 5.74) is 0.735. The molecule has 0 aliphatic heterocycles. The van der Waals surface area contributed by atoms with E-state index < -0.39 is 9.84 Å². The molecule has 1 rings (SSSR count). The van der Waals surface area contributed by atoms with Crippen LogP contribution in [0.5, 0.6) is 5.75 Å². The van der Waals surface area contributed by atoms with E-state index in [9.17, 15) is 8.42 Å². The second-order valence-corrected chi connectivity index (χ2v) is 7.49. The zero-order valence-corrected chi connectivity index (χ0v) is 13.1. The predicted molar refractivity (Wildman–Crippen MR) is 73.0 cm³/mol. The van der Waals surface area contributed by atoms with Crippen LogP contribution in [-0.2, 0) is 16.4 Å². The van der Waals surface area contributed by atoms with Gasteiger partial charge in [0.1, 0.15) is 12.4 Å². The summed E-state index contributed by atoms with van der Waals surface area (Å²) in [5.74, 6) is 0.499. The summed E-state index contributed by atoms with van der Waals surface area (Å²) in [4.78, 5) is 0. The number of rotatable bonds is 5. The molecule has 0 saturated carbocycles. The molecule has 0 radical (unpaired) electrons. The zero-order chi connectivity index (χ0) is 13.1. The average Bonchev–Trinajstić information content (AvgIpc) is 2.20. The van der Waals surface area contributed by atoms with Crippen molar-refractivity contribution in [2.45, 2.75) is 6.61 Å². The first-order chi connectivity index (χ1) is 7.83. The van der Waals surface area contributed by atoms with Gasteiger partial charge >= 0.3 is 0 Å². The Hall–Kier alpha value is -0.110. The number of benzene rings is 1. The van der Waals surface area contributed by atoms with Gasteiger partial charge in [0, 0.05) is 6.26 Å². The number of sulfone groups is 1. The van der Waals surface area contributed by atoms with Crippen molar-refractivity contribution in [1.29, 1.82) is 0 Å². The van der Waals surface area contributed by atoms with Crippen LogP contribution in [0.1, 0.15) is 5.56 Å². The Labute approximate surface area is 117 Å². The summed E-state index contributed by atoms with van der Waals surface area (Å²) in [6.45, 7) is 0.0231.